The van der Waals surface area contributed by atoms with Crippen molar-refractivity contribution in [2.45, 2.75) is 19.1 Å². The summed E-state index contributed by atoms with van der Waals surface area (Å²) in [4.78, 5) is 14.8. The lowest BCUT2D eigenvalue weighted by Crippen LogP contribution is -2.48. The third-order valence-electron chi connectivity index (χ3n) is 4.05. The molecule has 128 valence electrons. The first-order chi connectivity index (χ1) is 10.9. The molecule has 1 heterocycles. The summed E-state index contributed by atoms with van der Waals surface area (Å²) in [6.07, 6.45) is -0.0199. The fourth-order valence-electron chi connectivity index (χ4n) is 2.88. The molecule has 0 amide bonds. The number of likely N-dealkylation sites (N-methyl/N-ethyl adjacent to an activating group) is 1. The Morgan fingerprint density at radius 3 is 2.96 bits per heavy atom. The van der Waals surface area contributed by atoms with E-state index in [4.69, 9.17) is 33.0 Å². The first-order valence-corrected chi connectivity index (χ1v) is 8.33. The summed E-state index contributed by atoms with van der Waals surface area (Å²) in [6, 6.07) is 5.62. The molecule has 1 aliphatic rings. The molecule has 1 aromatic rings. The Bertz CT molecular complexity index is 556. The fourth-order valence-corrected chi connectivity index (χ4v) is 3.33. The van der Waals surface area contributed by atoms with Crippen LogP contribution in [0.25, 0.3) is 0 Å². The van der Waals surface area contributed by atoms with Crippen molar-refractivity contribution >= 4 is 29.2 Å². The number of ether oxygens (including phenoxy) is 1. The standard InChI is InChI=1S/C16H22Cl2N2O3/c1-11(14-7-12(17)3-4-15(14)18)20-5-6-23-13(9-20)8-19(2)10-16(21)22/h3-4,7,11,13H,5-6,8-10H2,1-2H3,(H,21,22). The zero-order valence-electron chi connectivity index (χ0n) is 13.3. The Kier molecular flexibility index (Phi) is 6.68. The van der Waals surface area contributed by atoms with Crippen molar-refractivity contribution < 1.29 is 14.6 Å². The Morgan fingerprint density at radius 1 is 1.52 bits per heavy atom. The molecule has 23 heavy (non-hydrogen) atoms. The van der Waals surface area contributed by atoms with Gasteiger partial charge in [-0.05, 0) is 37.7 Å². The normalized spacial score (nSPS) is 20.7. The highest BCUT2D eigenvalue weighted by Crippen LogP contribution is 2.30. The lowest BCUT2D eigenvalue weighted by Gasteiger charge is -2.38. The number of aliphatic carboxylic acids is 1. The van der Waals surface area contributed by atoms with Gasteiger partial charge in [-0.25, -0.2) is 0 Å². The third kappa shape index (κ3) is 5.33. The summed E-state index contributed by atoms with van der Waals surface area (Å²) in [6.45, 7) is 4.85. The molecule has 7 heteroatoms. The van der Waals surface area contributed by atoms with Crippen molar-refractivity contribution in [2.24, 2.45) is 0 Å². The Morgan fingerprint density at radius 2 is 2.26 bits per heavy atom. The van der Waals surface area contributed by atoms with Gasteiger partial charge in [0.2, 0.25) is 0 Å². The predicted molar refractivity (Wildman–Crippen MR) is 91.3 cm³/mol. The topological polar surface area (TPSA) is 53.0 Å². The second-order valence-corrected chi connectivity index (χ2v) is 6.76. The highest BCUT2D eigenvalue weighted by atomic mass is 35.5. The van der Waals surface area contributed by atoms with Crippen LogP contribution in [-0.2, 0) is 9.53 Å². The monoisotopic (exact) mass is 360 g/mol. The number of halogens is 2. The van der Waals surface area contributed by atoms with Gasteiger partial charge in [0, 0.05) is 35.7 Å². The Hall–Kier alpha value is -0.850. The largest absolute Gasteiger partial charge is 0.480 e. The SMILES string of the molecule is CC(c1cc(Cl)ccc1Cl)N1CCOC(CN(C)CC(=O)O)C1. The number of rotatable bonds is 6. The van der Waals surface area contributed by atoms with Crippen LogP contribution in [0.2, 0.25) is 10.0 Å². The fraction of sp³-hybridized carbons (Fsp3) is 0.562. The Labute approximate surface area is 146 Å². The van der Waals surface area contributed by atoms with Crippen LogP contribution in [0.4, 0.5) is 0 Å². The molecule has 0 bridgehead atoms. The second kappa shape index (κ2) is 8.31. The van der Waals surface area contributed by atoms with Gasteiger partial charge < -0.3 is 9.84 Å². The number of morpholine rings is 1. The molecule has 0 saturated carbocycles. The zero-order chi connectivity index (χ0) is 17.0. The van der Waals surface area contributed by atoms with E-state index in [-0.39, 0.29) is 18.7 Å². The van der Waals surface area contributed by atoms with Crippen LogP contribution in [-0.4, -0.2) is 66.8 Å². The molecule has 1 aliphatic heterocycles. The van der Waals surface area contributed by atoms with E-state index in [1.54, 1.807) is 18.0 Å². The van der Waals surface area contributed by atoms with Crippen molar-refractivity contribution in [1.82, 2.24) is 9.80 Å². The first kappa shape index (κ1) is 18.5. The summed E-state index contributed by atoms with van der Waals surface area (Å²) in [5.41, 5.74) is 0.999. The molecule has 2 rings (SSSR count). The van der Waals surface area contributed by atoms with Gasteiger partial charge in [0.1, 0.15) is 0 Å². The Balaban J connectivity index is 2.00. The molecule has 0 radical (unpaired) electrons. The molecule has 1 N–H and O–H groups in total. The molecule has 2 atom stereocenters. The van der Waals surface area contributed by atoms with Gasteiger partial charge in [0.15, 0.2) is 0 Å². The van der Waals surface area contributed by atoms with E-state index in [0.29, 0.717) is 23.2 Å². The lowest BCUT2D eigenvalue weighted by atomic mass is 10.1. The summed E-state index contributed by atoms with van der Waals surface area (Å²) >= 11 is 12.4. The van der Waals surface area contributed by atoms with Gasteiger partial charge in [-0.2, -0.15) is 0 Å². The van der Waals surface area contributed by atoms with Gasteiger partial charge in [-0.1, -0.05) is 23.2 Å². The van der Waals surface area contributed by atoms with Crippen molar-refractivity contribution in [1.29, 1.82) is 0 Å². The molecule has 0 aliphatic carbocycles. The second-order valence-electron chi connectivity index (χ2n) is 5.92. The van der Waals surface area contributed by atoms with Crippen molar-refractivity contribution in [3.05, 3.63) is 33.8 Å². The number of carbonyl (C=O) groups is 1. The van der Waals surface area contributed by atoms with E-state index in [9.17, 15) is 4.79 Å². The van der Waals surface area contributed by atoms with Crippen LogP contribution >= 0.6 is 23.2 Å². The average Bonchev–Trinajstić information content (AvgIpc) is 2.48. The zero-order valence-corrected chi connectivity index (χ0v) is 14.8. The number of nitrogens with zero attached hydrogens (tertiary/aromatic N) is 2. The van der Waals surface area contributed by atoms with E-state index in [1.165, 1.54) is 0 Å². The smallest absolute Gasteiger partial charge is 0.317 e. The number of hydrogen-bond donors (Lipinski definition) is 1. The third-order valence-corrected chi connectivity index (χ3v) is 4.63. The van der Waals surface area contributed by atoms with Gasteiger partial charge in [-0.15, -0.1) is 0 Å². The molecular weight excluding hydrogens is 339 g/mol. The summed E-state index contributed by atoms with van der Waals surface area (Å²) in [7, 11) is 1.79. The summed E-state index contributed by atoms with van der Waals surface area (Å²) in [5, 5.41) is 10.2. The lowest BCUT2D eigenvalue weighted by molar-refractivity contribution is -0.138. The minimum atomic E-state index is -0.834. The quantitative estimate of drug-likeness (QED) is 0.845. The van der Waals surface area contributed by atoms with Crippen LogP contribution < -0.4 is 0 Å². The van der Waals surface area contributed by atoms with Gasteiger partial charge in [0.25, 0.3) is 0 Å². The van der Waals surface area contributed by atoms with E-state index in [0.717, 1.165) is 18.7 Å². The minimum absolute atomic E-state index is 0.00946. The molecule has 1 fully saturated rings. The summed E-state index contributed by atoms with van der Waals surface area (Å²) in [5.74, 6) is -0.834. The molecule has 1 saturated heterocycles. The highest BCUT2D eigenvalue weighted by molar-refractivity contribution is 6.33. The number of carboxylic acid groups (broad SMARTS) is 1. The number of benzene rings is 1. The predicted octanol–water partition coefficient (Wildman–Crippen LogP) is 2.77. The van der Waals surface area contributed by atoms with E-state index in [1.807, 2.05) is 12.1 Å². The van der Waals surface area contributed by atoms with Crippen LogP contribution in [0.5, 0.6) is 0 Å². The maximum atomic E-state index is 10.8. The molecule has 0 aromatic heterocycles. The van der Waals surface area contributed by atoms with Gasteiger partial charge >= 0.3 is 5.97 Å². The summed E-state index contributed by atoms with van der Waals surface area (Å²) < 4.78 is 5.77. The van der Waals surface area contributed by atoms with Crippen LogP contribution in [0.3, 0.4) is 0 Å². The number of hydrogen-bond acceptors (Lipinski definition) is 4. The van der Waals surface area contributed by atoms with Gasteiger partial charge in [0.05, 0.1) is 19.3 Å². The first-order valence-electron chi connectivity index (χ1n) is 7.57. The van der Waals surface area contributed by atoms with Crippen molar-refractivity contribution in [3.63, 3.8) is 0 Å². The van der Waals surface area contributed by atoms with Crippen LogP contribution in [0.1, 0.15) is 18.5 Å². The molecule has 0 spiro atoms. The van der Waals surface area contributed by atoms with Crippen LogP contribution in [0, 0.1) is 0 Å². The van der Waals surface area contributed by atoms with Crippen LogP contribution in [0.15, 0.2) is 18.2 Å². The van der Waals surface area contributed by atoms with E-state index < -0.39 is 5.97 Å². The molecule has 1 aromatic carbocycles. The maximum absolute atomic E-state index is 10.8. The van der Waals surface area contributed by atoms with E-state index >= 15 is 0 Å². The molecule has 2 unspecified atom stereocenters. The van der Waals surface area contributed by atoms with E-state index in [2.05, 4.69) is 11.8 Å². The minimum Gasteiger partial charge on any atom is -0.480 e. The van der Waals surface area contributed by atoms with Crippen molar-refractivity contribution in [2.75, 3.05) is 39.8 Å². The van der Waals surface area contributed by atoms with Gasteiger partial charge in [-0.3, -0.25) is 14.6 Å². The highest BCUT2D eigenvalue weighted by Gasteiger charge is 2.27. The molecular formula is C16H22Cl2N2O3. The average molecular weight is 361 g/mol. The maximum Gasteiger partial charge on any atom is 0.317 e. The van der Waals surface area contributed by atoms with Crippen molar-refractivity contribution in [3.8, 4) is 0 Å². The number of carboxylic acids is 1. The molecule has 5 nitrogen and oxygen atoms in total.